The van der Waals surface area contributed by atoms with E-state index in [-0.39, 0.29) is 5.56 Å². The number of ether oxygens (including phenoxy) is 1. The normalized spacial score (nSPS) is 19.0. The summed E-state index contributed by atoms with van der Waals surface area (Å²) in [5.74, 6) is 0.769. The molecule has 1 aliphatic heterocycles. The largest absolute Gasteiger partial charge is 0.378 e. The van der Waals surface area contributed by atoms with Crippen molar-refractivity contribution < 1.29 is 4.74 Å². The fourth-order valence-corrected chi connectivity index (χ4v) is 2.91. The quantitative estimate of drug-likeness (QED) is 0.940. The van der Waals surface area contributed by atoms with Crippen LogP contribution in [0.3, 0.4) is 0 Å². The Hall–Kier alpha value is -1.68. The smallest absolute Gasteiger partial charge is 0.258 e. The average molecular weight is 286 g/mol. The van der Waals surface area contributed by atoms with Gasteiger partial charge in [0.05, 0.1) is 17.0 Å². The molecule has 0 bridgehead atoms. The van der Waals surface area contributed by atoms with Crippen LogP contribution in [-0.2, 0) is 17.6 Å². The Kier molecular flexibility index (Phi) is 4.34. The molecule has 112 valence electrons. The fraction of sp³-hybridized carbons (Fsp3) is 0.529. The number of aromatic amines is 1. The first-order valence-electron chi connectivity index (χ1n) is 7.89. The molecule has 1 aliphatic rings. The van der Waals surface area contributed by atoms with Crippen LogP contribution in [0.25, 0.3) is 10.9 Å². The fourth-order valence-electron chi connectivity index (χ4n) is 2.91. The summed E-state index contributed by atoms with van der Waals surface area (Å²) in [6.07, 6.45) is 6.48. The molecule has 4 nitrogen and oxygen atoms in total. The zero-order valence-electron chi connectivity index (χ0n) is 12.5. The number of nitrogens with zero attached hydrogens (tertiary/aromatic N) is 1. The van der Waals surface area contributed by atoms with Gasteiger partial charge in [0.25, 0.3) is 5.56 Å². The van der Waals surface area contributed by atoms with Gasteiger partial charge in [-0.25, -0.2) is 4.98 Å². The average Bonchev–Trinajstić information content (AvgIpc) is 2.54. The topological polar surface area (TPSA) is 55.0 Å². The van der Waals surface area contributed by atoms with E-state index in [1.807, 2.05) is 18.2 Å². The number of hydrogen-bond donors (Lipinski definition) is 1. The standard InChI is InChI=1S/C17H22N2O2/c1-2-12-6-8-15-14(11-12)17(20)19-16(18-15)9-7-13-5-3-4-10-21-13/h6,8,11,13H,2-5,7,9-10H2,1H3,(H,18,19,20). The Morgan fingerprint density at radius 3 is 3.05 bits per heavy atom. The lowest BCUT2D eigenvalue weighted by Gasteiger charge is -2.22. The molecular weight excluding hydrogens is 264 g/mol. The number of fused-ring (bicyclic) bond motifs is 1. The summed E-state index contributed by atoms with van der Waals surface area (Å²) in [5, 5.41) is 0.687. The Balaban J connectivity index is 1.78. The van der Waals surface area contributed by atoms with Crippen molar-refractivity contribution in [3.8, 4) is 0 Å². The lowest BCUT2D eigenvalue weighted by Crippen LogP contribution is -2.21. The maximum absolute atomic E-state index is 12.2. The van der Waals surface area contributed by atoms with E-state index in [9.17, 15) is 4.79 Å². The Morgan fingerprint density at radius 1 is 1.38 bits per heavy atom. The molecule has 4 heteroatoms. The highest BCUT2D eigenvalue weighted by atomic mass is 16.5. The van der Waals surface area contributed by atoms with E-state index in [1.54, 1.807) is 0 Å². The molecule has 2 aromatic rings. The molecule has 1 aromatic heterocycles. The SMILES string of the molecule is CCc1ccc2nc(CCC3CCCCO3)[nH]c(=O)c2c1. The van der Waals surface area contributed by atoms with Crippen molar-refractivity contribution in [2.45, 2.75) is 51.6 Å². The second-order valence-corrected chi connectivity index (χ2v) is 5.74. The predicted molar refractivity (Wildman–Crippen MR) is 83.7 cm³/mol. The Labute approximate surface area is 124 Å². The molecule has 0 radical (unpaired) electrons. The van der Waals surface area contributed by atoms with E-state index in [1.165, 1.54) is 12.8 Å². The summed E-state index contributed by atoms with van der Waals surface area (Å²) in [6, 6.07) is 5.93. The molecule has 1 atom stereocenters. The van der Waals surface area contributed by atoms with Gasteiger partial charge >= 0.3 is 0 Å². The number of benzene rings is 1. The molecule has 21 heavy (non-hydrogen) atoms. The molecule has 1 aromatic carbocycles. The van der Waals surface area contributed by atoms with Crippen LogP contribution in [0.15, 0.2) is 23.0 Å². The minimum atomic E-state index is -0.0325. The van der Waals surface area contributed by atoms with E-state index < -0.39 is 0 Å². The Bertz CT molecular complexity index is 672. The second-order valence-electron chi connectivity index (χ2n) is 5.74. The van der Waals surface area contributed by atoms with E-state index in [0.29, 0.717) is 11.5 Å². The minimum Gasteiger partial charge on any atom is -0.378 e. The van der Waals surface area contributed by atoms with Gasteiger partial charge in [0.1, 0.15) is 5.82 Å². The van der Waals surface area contributed by atoms with Crippen LogP contribution in [0.2, 0.25) is 0 Å². The van der Waals surface area contributed by atoms with E-state index in [0.717, 1.165) is 49.2 Å². The molecule has 3 rings (SSSR count). The van der Waals surface area contributed by atoms with Crippen molar-refractivity contribution in [2.75, 3.05) is 6.61 Å². The zero-order valence-corrected chi connectivity index (χ0v) is 12.5. The molecule has 1 saturated heterocycles. The van der Waals surface area contributed by atoms with Crippen LogP contribution >= 0.6 is 0 Å². The van der Waals surface area contributed by atoms with Crippen molar-refractivity contribution in [2.24, 2.45) is 0 Å². The predicted octanol–water partition coefficient (Wildman–Crippen LogP) is 2.99. The van der Waals surface area contributed by atoms with Crippen LogP contribution in [-0.4, -0.2) is 22.7 Å². The first-order chi connectivity index (χ1) is 10.3. The van der Waals surface area contributed by atoms with Gasteiger partial charge in [0.15, 0.2) is 0 Å². The second kappa shape index (κ2) is 6.39. The highest BCUT2D eigenvalue weighted by molar-refractivity contribution is 5.78. The van der Waals surface area contributed by atoms with Crippen LogP contribution < -0.4 is 5.56 Å². The monoisotopic (exact) mass is 286 g/mol. The molecule has 0 aliphatic carbocycles. The number of aromatic nitrogens is 2. The molecular formula is C17H22N2O2. The van der Waals surface area contributed by atoms with Crippen LogP contribution in [0.4, 0.5) is 0 Å². The number of H-pyrrole nitrogens is 1. The molecule has 2 heterocycles. The van der Waals surface area contributed by atoms with Crippen molar-refractivity contribution in [1.82, 2.24) is 9.97 Å². The lowest BCUT2D eigenvalue weighted by molar-refractivity contribution is 0.0112. The van der Waals surface area contributed by atoms with Gasteiger partial charge in [-0.15, -0.1) is 0 Å². The van der Waals surface area contributed by atoms with Gasteiger partial charge in [0.2, 0.25) is 0 Å². The zero-order chi connectivity index (χ0) is 14.7. The number of aryl methyl sites for hydroxylation is 2. The summed E-state index contributed by atoms with van der Waals surface area (Å²) in [5.41, 5.74) is 1.92. The molecule has 0 spiro atoms. The Morgan fingerprint density at radius 2 is 2.29 bits per heavy atom. The first kappa shape index (κ1) is 14.3. The summed E-state index contributed by atoms with van der Waals surface area (Å²) in [7, 11) is 0. The van der Waals surface area contributed by atoms with Crippen molar-refractivity contribution in [1.29, 1.82) is 0 Å². The third-order valence-electron chi connectivity index (χ3n) is 4.20. The van der Waals surface area contributed by atoms with Crippen LogP contribution in [0, 0.1) is 0 Å². The first-order valence-corrected chi connectivity index (χ1v) is 7.89. The minimum absolute atomic E-state index is 0.0325. The van der Waals surface area contributed by atoms with Crippen molar-refractivity contribution in [3.05, 3.63) is 39.9 Å². The number of rotatable bonds is 4. The third-order valence-corrected chi connectivity index (χ3v) is 4.20. The highest BCUT2D eigenvalue weighted by Crippen LogP contribution is 2.17. The van der Waals surface area contributed by atoms with E-state index >= 15 is 0 Å². The van der Waals surface area contributed by atoms with Crippen LogP contribution in [0.5, 0.6) is 0 Å². The van der Waals surface area contributed by atoms with Crippen molar-refractivity contribution >= 4 is 10.9 Å². The van der Waals surface area contributed by atoms with Gasteiger partial charge in [-0.05, 0) is 49.8 Å². The molecule has 0 saturated carbocycles. The third kappa shape index (κ3) is 3.32. The number of hydrogen-bond acceptors (Lipinski definition) is 3. The van der Waals surface area contributed by atoms with E-state index in [2.05, 4.69) is 16.9 Å². The number of nitrogens with one attached hydrogen (secondary N) is 1. The van der Waals surface area contributed by atoms with Gasteiger partial charge in [-0.1, -0.05) is 13.0 Å². The van der Waals surface area contributed by atoms with Crippen LogP contribution in [0.1, 0.15) is 44.0 Å². The maximum Gasteiger partial charge on any atom is 0.258 e. The maximum atomic E-state index is 12.2. The summed E-state index contributed by atoms with van der Waals surface area (Å²) in [4.78, 5) is 19.7. The lowest BCUT2D eigenvalue weighted by atomic mass is 10.0. The molecule has 1 N–H and O–H groups in total. The molecule has 0 amide bonds. The van der Waals surface area contributed by atoms with Gasteiger partial charge < -0.3 is 9.72 Å². The highest BCUT2D eigenvalue weighted by Gasteiger charge is 2.14. The summed E-state index contributed by atoms with van der Waals surface area (Å²) < 4.78 is 5.73. The molecule has 1 fully saturated rings. The van der Waals surface area contributed by atoms with Gasteiger partial charge in [0, 0.05) is 13.0 Å². The van der Waals surface area contributed by atoms with Crippen molar-refractivity contribution in [3.63, 3.8) is 0 Å². The van der Waals surface area contributed by atoms with Gasteiger partial charge in [-0.2, -0.15) is 0 Å². The summed E-state index contributed by atoms with van der Waals surface area (Å²) in [6.45, 7) is 2.95. The summed E-state index contributed by atoms with van der Waals surface area (Å²) >= 11 is 0. The van der Waals surface area contributed by atoms with E-state index in [4.69, 9.17) is 4.74 Å². The molecule has 1 unspecified atom stereocenters. The van der Waals surface area contributed by atoms with Gasteiger partial charge in [-0.3, -0.25) is 4.79 Å².